The number of fused-ring (bicyclic) bond motifs is 2. The molecule has 0 fully saturated rings. The number of benzene rings is 6. The van der Waals surface area contributed by atoms with E-state index in [2.05, 4.69) is 189 Å². The van der Waals surface area contributed by atoms with Gasteiger partial charge in [-0.25, -0.2) is 0 Å². The molecule has 5 atom stereocenters. The van der Waals surface area contributed by atoms with E-state index in [4.69, 9.17) is 4.52 Å². The second kappa shape index (κ2) is 15.1. The Kier molecular flexibility index (Phi) is 10.4. The van der Waals surface area contributed by atoms with E-state index in [1.54, 1.807) is 0 Å². The standard InChI is InChI=1S/C45H42BrOPS/c1-30(34-17-9-5-10-18-34)38-25-40-27-41-26-39(31(2)35-19-11-6-12-20-35)29-43(33(4)37-23-15-8-16-24-37)45(41)49-48(46)47-44(40)42(28-38)32(3)36-21-13-7-14-22-36/h5-26,28-33H,27H2,1-4H3. The summed E-state index contributed by atoms with van der Waals surface area (Å²) in [4.78, 5) is 1.34. The summed E-state index contributed by atoms with van der Waals surface area (Å²) in [6.07, 6.45) is 0.807. The van der Waals surface area contributed by atoms with E-state index in [0.717, 1.165) is 12.2 Å². The number of hydrogen-bond acceptors (Lipinski definition) is 2. The minimum Gasteiger partial charge on any atom is -0.451 e. The molecular formula is C45H42BrOPS. The molecular weight excluding hydrogens is 699 g/mol. The first kappa shape index (κ1) is 33.9. The largest absolute Gasteiger partial charge is 0.451 e. The zero-order valence-corrected chi connectivity index (χ0v) is 31.8. The normalized spacial score (nSPS) is 16.6. The Balaban J connectivity index is 1.43. The van der Waals surface area contributed by atoms with Crippen molar-refractivity contribution >= 4 is 32.9 Å². The lowest BCUT2D eigenvalue weighted by Crippen LogP contribution is -2.10. The van der Waals surface area contributed by atoms with Crippen LogP contribution in [0.1, 0.15) is 107 Å². The summed E-state index contributed by atoms with van der Waals surface area (Å²) >= 11 is 5.92. The molecule has 6 aromatic rings. The molecule has 4 heteroatoms. The van der Waals surface area contributed by atoms with Gasteiger partial charge in [0.2, 0.25) is 6.05 Å². The number of hydrogen-bond donors (Lipinski definition) is 0. The van der Waals surface area contributed by atoms with Crippen molar-refractivity contribution in [2.75, 3.05) is 0 Å². The molecule has 0 radical (unpaired) electrons. The van der Waals surface area contributed by atoms with Crippen LogP contribution in [0.2, 0.25) is 0 Å². The smallest absolute Gasteiger partial charge is 0.223 e. The van der Waals surface area contributed by atoms with Crippen molar-refractivity contribution in [3.63, 3.8) is 0 Å². The predicted octanol–water partition coefficient (Wildman–Crippen LogP) is 14.0. The average molecular weight is 742 g/mol. The third-order valence-electron chi connectivity index (χ3n) is 10.3. The van der Waals surface area contributed by atoms with E-state index in [-0.39, 0.29) is 23.7 Å². The quantitative estimate of drug-likeness (QED) is 0.144. The Morgan fingerprint density at radius 3 is 1.35 bits per heavy atom. The lowest BCUT2D eigenvalue weighted by Gasteiger charge is -2.30. The molecule has 6 aromatic carbocycles. The van der Waals surface area contributed by atoms with E-state index in [1.165, 1.54) is 60.5 Å². The Labute approximate surface area is 305 Å². The molecule has 5 unspecified atom stereocenters. The molecule has 0 aromatic heterocycles. The maximum atomic E-state index is 7.04. The second-order valence-corrected chi connectivity index (χ2v) is 19.4. The van der Waals surface area contributed by atoms with Crippen molar-refractivity contribution in [1.82, 2.24) is 0 Å². The van der Waals surface area contributed by atoms with Gasteiger partial charge in [-0.15, -0.1) is 0 Å². The summed E-state index contributed by atoms with van der Waals surface area (Å²) in [5.41, 5.74) is 13.2. The van der Waals surface area contributed by atoms with Crippen molar-refractivity contribution < 1.29 is 4.52 Å². The minimum atomic E-state index is -1.04. The zero-order valence-electron chi connectivity index (χ0n) is 28.5. The van der Waals surface area contributed by atoms with E-state index < -0.39 is 6.05 Å². The SMILES string of the molecule is CC(c1ccccc1)c1cc2c(c(C(C)c3ccccc3)c1)OP(Br)Sc1c(cc(C(C)c3ccccc3)cc1C(C)c1ccccc1)C2. The van der Waals surface area contributed by atoms with Gasteiger partial charge >= 0.3 is 0 Å². The van der Waals surface area contributed by atoms with Gasteiger partial charge < -0.3 is 4.52 Å². The van der Waals surface area contributed by atoms with Gasteiger partial charge in [-0.3, -0.25) is 0 Å². The first-order valence-electron chi connectivity index (χ1n) is 17.2. The molecule has 0 saturated heterocycles. The van der Waals surface area contributed by atoms with Crippen LogP contribution in [0.4, 0.5) is 0 Å². The van der Waals surface area contributed by atoms with E-state index in [1.807, 2.05) is 11.4 Å². The summed E-state index contributed by atoms with van der Waals surface area (Å²) in [5, 5.41) is 0. The molecule has 246 valence electrons. The summed E-state index contributed by atoms with van der Waals surface area (Å²) in [6.45, 7) is 9.35. The van der Waals surface area contributed by atoms with Crippen LogP contribution in [0.25, 0.3) is 0 Å². The van der Waals surface area contributed by atoms with E-state index in [0.29, 0.717) is 0 Å². The van der Waals surface area contributed by atoms with Crippen LogP contribution in [0.5, 0.6) is 5.75 Å². The summed E-state index contributed by atoms with van der Waals surface area (Å²) in [7, 11) is 0. The molecule has 0 saturated carbocycles. The molecule has 7 rings (SSSR count). The predicted molar refractivity (Wildman–Crippen MR) is 214 cm³/mol. The monoisotopic (exact) mass is 740 g/mol. The molecule has 1 aliphatic rings. The molecule has 0 N–H and O–H groups in total. The fourth-order valence-corrected chi connectivity index (χ4v) is 11.5. The highest BCUT2D eigenvalue weighted by molar-refractivity contribution is 9.47. The maximum Gasteiger partial charge on any atom is 0.223 e. The second-order valence-electron chi connectivity index (χ2n) is 13.3. The van der Waals surface area contributed by atoms with Crippen molar-refractivity contribution in [3.8, 4) is 5.75 Å². The average Bonchev–Trinajstić information content (AvgIpc) is 3.15. The number of rotatable bonds is 8. The third kappa shape index (κ3) is 7.32. The Morgan fingerprint density at radius 1 is 0.490 bits per heavy atom. The molecule has 0 bridgehead atoms. The van der Waals surface area contributed by atoms with Gasteiger partial charge in [0.05, 0.1) is 0 Å². The van der Waals surface area contributed by atoms with Gasteiger partial charge in [-0.1, -0.05) is 173 Å². The van der Waals surface area contributed by atoms with Gasteiger partial charge in [-0.2, -0.15) is 0 Å². The van der Waals surface area contributed by atoms with Crippen molar-refractivity contribution in [1.29, 1.82) is 0 Å². The van der Waals surface area contributed by atoms with Gasteiger partial charge in [0, 0.05) is 40.6 Å². The summed E-state index contributed by atoms with van der Waals surface area (Å²) in [6, 6.07) is 52.3. The Hall–Kier alpha value is -3.62. The Bertz CT molecular complexity index is 1870. The lowest BCUT2D eigenvalue weighted by molar-refractivity contribution is 0.610. The van der Waals surface area contributed by atoms with Crippen LogP contribution >= 0.6 is 32.9 Å². The van der Waals surface area contributed by atoms with Gasteiger partial charge in [0.1, 0.15) is 5.75 Å². The minimum absolute atomic E-state index is 0.177. The van der Waals surface area contributed by atoms with E-state index >= 15 is 0 Å². The summed E-state index contributed by atoms with van der Waals surface area (Å²) < 4.78 is 7.04. The molecule has 1 nitrogen and oxygen atoms in total. The zero-order chi connectivity index (χ0) is 33.9. The maximum absolute atomic E-state index is 7.04. The first-order chi connectivity index (χ1) is 23.9. The summed E-state index contributed by atoms with van der Waals surface area (Å²) in [5.74, 6) is 1.95. The highest BCUT2D eigenvalue weighted by Gasteiger charge is 2.30. The molecule has 0 aliphatic carbocycles. The van der Waals surface area contributed by atoms with Crippen molar-refractivity contribution in [3.05, 3.63) is 201 Å². The first-order valence-corrected chi connectivity index (χ1v) is 21.9. The van der Waals surface area contributed by atoms with Crippen LogP contribution in [0, 0.1) is 0 Å². The fraction of sp³-hybridized carbons (Fsp3) is 0.200. The third-order valence-corrected chi connectivity index (χ3v) is 14.4. The molecule has 0 amide bonds. The van der Waals surface area contributed by atoms with Crippen molar-refractivity contribution in [2.24, 2.45) is 0 Å². The molecule has 49 heavy (non-hydrogen) atoms. The van der Waals surface area contributed by atoms with Crippen LogP contribution in [-0.4, -0.2) is 0 Å². The Morgan fingerprint density at radius 2 is 0.878 bits per heavy atom. The van der Waals surface area contributed by atoms with Crippen molar-refractivity contribution in [2.45, 2.75) is 62.7 Å². The van der Waals surface area contributed by atoms with Crippen LogP contribution in [0.3, 0.4) is 0 Å². The molecule has 1 aliphatic heterocycles. The van der Waals surface area contributed by atoms with Crippen LogP contribution < -0.4 is 4.52 Å². The molecule has 1 heterocycles. The topological polar surface area (TPSA) is 9.23 Å². The highest BCUT2D eigenvalue weighted by atomic mass is 79.9. The molecule has 0 spiro atoms. The van der Waals surface area contributed by atoms with Crippen LogP contribution in [0.15, 0.2) is 150 Å². The van der Waals surface area contributed by atoms with Gasteiger partial charge in [-0.05, 0) is 76.9 Å². The van der Waals surface area contributed by atoms with Gasteiger partial charge in [0.25, 0.3) is 0 Å². The van der Waals surface area contributed by atoms with E-state index in [9.17, 15) is 0 Å². The fourth-order valence-electron chi connectivity index (χ4n) is 7.18. The van der Waals surface area contributed by atoms with Gasteiger partial charge in [0.15, 0.2) is 0 Å². The lowest BCUT2D eigenvalue weighted by atomic mass is 9.82. The number of halogens is 1. The van der Waals surface area contributed by atoms with Crippen LogP contribution in [-0.2, 0) is 6.42 Å². The highest BCUT2D eigenvalue weighted by Crippen LogP contribution is 2.65.